The topological polar surface area (TPSA) is 145 Å². The van der Waals surface area contributed by atoms with Crippen LogP contribution in [-0.4, -0.2) is 34.0 Å². The molecule has 5 amide bonds. The number of carbonyl (C=O) groups excluding carboxylic acids is 4. The van der Waals surface area contributed by atoms with Crippen LogP contribution in [-0.2, 0) is 21.0 Å². The molecule has 0 saturated carbocycles. The van der Waals surface area contributed by atoms with Gasteiger partial charge in [-0.05, 0) is 18.2 Å². The molecule has 9 nitrogen and oxygen atoms in total. The molecule has 0 aromatic heterocycles. The monoisotopic (exact) mass is 293 g/mol. The minimum Gasteiger partial charge on any atom is -0.508 e. The predicted octanol–water partition coefficient (Wildman–Crippen LogP) is -1.19. The van der Waals surface area contributed by atoms with Crippen molar-refractivity contribution in [3.63, 3.8) is 0 Å². The number of aliphatic hydroxyl groups is 1. The van der Waals surface area contributed by atoms with Gasteiger partial charge in [-0.25, -0.2) is 4.79 Å². The van der Waals surface area contributed by atoms with Crippen LogP contribution in [0.25, 0.3) is 0 Å². The number of urea groups is 1. The normalized spacial score (nSPS) is 15.4. The molecule has 1 aromatic carbocycles. The second kappa shape index (κ2) is 5.59. The fourth-order valence-corrected chi connectivity index (χ4v) is 1.76. The average Bonchev–Trinajstić information content (AvgIpc) is 2.39. The number of hydrogen-bond donors (Lipinski definition) is 5. The Bertz CT molecular complexity index is 622. The van der Waals surface area contributed by atoms with Crippen LogP contribution >= 0.6 is 0 Å². The molecule has 21 heavy (non-hydrogen) atoms. The van der Waals surface area contributed by atoms with Crippen LogP contribution in [0.15, 0.2) is 18.2 Å². The zero-order valence-electron chi connectivity index (χ0n) is 10.5. The van der Waals surface area contributed by atoms with Crippen LogP contribution in [0.3, 0.4) is 0 Å². The van der Waals surface area contributed by atoms with Crippen molar-refractivity contribution in [3.05, 3.63) is 23.8 Å². The Balaban J connectivity index is 2.16. The number of barbiturate groups is 1. The molecule has 1 aromatic rings. The Morgan fingerprint density at radius 1 is 1.19 bits per heavy atom. The molecule has 0 unspecified atom stereocenters. The van der Waals surface area contributed by atoms with Gasteiger partial charge in [0.05, 0.1) is 6.61 Å². The van der Waals surface area contributed by atoms with E-state index in [4.69, 9.17) is 5.11 Å². The highest BCUT2D eigenvalue weighted by molar-refractivity contribution is 6.28. The van der Waals surface area contributed by atoms with Crippen molar-refractivity contribution in [1.29, 1.82) is 0 Å². The Kier molecular flexibility index (Phi) is 3.85. The molecule has 5 N–H and O–H groups in total. The number of phenols is 1. The molecule has 1 aliphatic heterocycles. The van der Waals surface area contributed by atoms with Gasteiger partial charge in [-0.15, -0.1) is 0 Å². The van der Waals surface area contributed by atoms with E-state index >= 15 is 0 Å². The van der Waals surface area contributed by atoms with Gasteiger partial charge >= 0.3 is 6.03 Å². The SMILES string of the molecule is O=C1NC(=O)C(C(=O)Nc2ccc(O)c(CO)c2)C(=O)N1. The third-order valence-electron chi connectivity index (χ3n) is 2.78. The summed E-state index contributed by atoms with van der Waals surface area (Å²) < 4.78 is 0. The van der Waals surface area contributed by atoms with E-state index in [1.807, 2.05) is 10.6 Å². The van der Waals surface area contributed by atoms with Gasteiger partial charge in [0.15, 0.2) is 5.92 Å². The summed E-state index contributed by atoms with van der Waals surface area (Å²) in [5.74, 6) is -4.85. The molecule has 1 heterocycles. The second-order valence-corrected chi connectivity index (χ2v) is 4.23. The molecule has 0 atom stereocenters. The van der Waals surface area contributed by atoms with E-state index in [-0.39, 0.29) is 17.0 Å². The third-order valence-corrected chi connectivity index (χ3v) is 2.78. The van der Waals surface area contributed by atoms with Crippen molar-refractivity contribution in [3.8, 4) is 5.75 Å². The lowest BCUT2D eigenvalue weighted by atomic mass is 10.0. The first-order valence-corrected chi connectivity index (χ1v) is 5.81. The molecule has 1 saturated heterocycles. The maximum atomic E-state index is 11.9. The lowest BCUT2D eigenvalue weighted by Crippen LogP contribution is -2.58. The van der Waals surface area contributed by atoms with Crippen LogP contribution in [0, 0.1) is 5.92 Å². The summed E-state index contributed by atoms with van der Waals surface area (Å²) in [4.78, 5) is 45.8. The highest BCUT2D eigenvalue weighted by Gasteiger charge is 2.39. The van der Waals surface area contributed by atoms with Gasteiger partial charge in [-0.3, -0.25) is 25.0 Å². The van der Waals surface area contributed by atoms with E-state index < -0.39 is 36.3 Å². The molecule has 110 valence electrons. The van der Waals surface area contributed by atoms with Gasteiger partial charge in [0.25, 0.3) is 0 Å². The van der Waals surface area contributed by atoms with Gasteiger partial charge in [0.2, 0.25) is 17.7 Å². The van der Waals surface area contributed by atoms with Gasteiger partial charge in [0.1, 0.15) is 5.75 Å². The highest BCUT2D eigenvalue weighted by atomic mass is 16.3. The number of nitrogens with one attached hydrogen (secondary N) is 3. The van der Waals surface area contributed by atoms with Crippen LogP contribution in [0.5, 0.6) is 5.75 Å². The van der Waals surface area contributed by atoms with Crippen molar-refractivity contribution in [2.45, 2.75) is 6.61 Å². The van der Waals surface area contributed by atoms with Crippen molar-refractivity contribution < 1.29 is 29.4 Å². The first kappa shape index (κ1) is 14.5. The fourth-order valence-electron chi connectivity index (χ4n) is 1.76. The van der Waals surface area contributed by atoms with E-state index in [9.17, 15) is 24.3 Å². The van der Waals surface area contributed by atoms with E-state index in [1.165, 1.54) is 18.2 Å². The van der Waals surface area contributed by atoms with Crippen LogP contribution in [0.1, 0.15) is 5.56 Å². The van der Waals surface area contributed by atoms with Gasteiger partial charge in [-0.1, -0.05) is 0 Å². The number of carbonyl (C=O) groups is 4. The number of rotatable bonds is 3. The van der Waals surface area contributed by atoms with E-state index in [1.54, 1.807) is 0 Å². The number of anilines is 1. The van der Waals surface area contributed by atoms with Crippen LogP contribution < -0.4 is 16.0 Å². The van der Waals surface area contributed by atoms with Gasteiger partial charge in [-0.2, -0.15) is 0 Å². The zero-order valence-corrected chi connectivity index (χ0v) is 10.5. The first-order chi connectivity index (χ1) is 9.92. The summed E-state index contributed by atoms with van der Waals surface area (Å²) in [6, 6.07) is 2.88. The molecule has 1 aliphatic rings. The number of hydrogen-bond acceptors (Lipinski definition) is 6. The summed E-state index contributed by atoms with van der Waals surface area (Å²) in [5.41, 5.74) is 0.347. The van der Waals surface area contributed by atoms with E-state index in [2.05, 4.69) is 5.32 Å². The Morgan fingerprint density at radius 2 is 1.81 bits per heavy atom. The second-order valence-electron chi connectivity index (χ2n) is 4.23. The molecular weight excluding hydrogens is 282 g/mol. The summed E-state index contributed by atoms with van der Waals surface area (Å²) in [5, 5.41) is 24.3. The molecule has 0 bridgehead atoms. The standard InChI is InChI=1S/C12H11N3O6/c16-4-5-3-6(1-2-7(5)17)13-9(18)8-10(19)14-12(21)15-11(8)20/h1-3,8,16-17H,4H2,(H,13,18)(H2,14,15,19,20,21). The quantitative estimate of drug-likeness (QED) is 0.350. The fraction of sp³-hybridized carbons (Fsp3) is 0.167. The number of benzene rings is 1. The largest absolute Gasteiger partial charge is 0.508 e. The van der Waals surface area contributed by atoms with Crippen LogP contribution in [0.4, 0.5) is 10.5 Å². The smallest absolute Gasteiger partial charge is 0.328 e. The van der Waals surface area contributed by atoms with Gasteiger partial charge < -0.3 is 15.5 Å². The van der Waals surface area contributed by atoms with Crippen molar-refractivity contribution >= 4 is 29.4 Å². The maximum Gasteiger partial charge on any atom is 0.328 e. The van der Waals surface area contributed by atoms with E-state index in [0.29, 0.717) is 0 Å². The Labute approximate surface area is 117 Å². The number of imide groups is 2. The Hall–Kier alpha value is -2.94. The number of aromatic hydroxyl groups is 1. The first-order valence-electron chi connectivity index (χ1n) is 5.81. The minimum absolute atomic E-state index is 0.158. The van der Waals surface area contributed by atoms with Crippen molar-refractivity contribution in [2.24, 2.45) is 5.92 Å². The Morgan fingerprint density at radius 3 is 2.38 bits per heavy atom. The van der Waals surface area contributed by atoms with Gasteiger partial charge in [0, 0.05) is 11.3 Å². The third kappa shape index (κ3) is 2.98. The number of amides is 5. The maximum absolute atomic E-state index is 11.9. The summed E-state index contributed by atoms with van der Waals surface area (Å²) in [6.45, 7) is -0.450. The highest BCUT2D eigenvalue weighted by Crippen LogP contribution is 2.22. The average molecular weight is 293 g/mol. The van der Waals surface area contributed by atoms with Crippen molar-refractivity contribution in [2.75, 3.05) is 5.32 Å². The van der Waals surface area contributed by atoms with Crippen molar-refractivity contribution in [1.82, 2.24) is 10.6 Å². The molecule has 2 rings (SSSR count). The minimum atomic E-state index is -1.70. The molecular formula is C12H11N3O6. The number of aliphatic hydroxyl groups excluding tert-OH is 1. The lowest BCUT2D eigenvalue weighted by molar-refractivity contribution is -0.141. The van der Waals surface area contributed by atoms with Crippen LogP contribution in [0.2, 0.25) is 0 Å². The molecule has 0 aliphatic carbocycles. The zero-order chi connectivity index (χ0) is 15.6. The molecule has 0 radical (unpaired) electrons. The summed E-state index contributed by atoms with van der Waals surface area (Å²) >= 11 is 0. The summed E-state index contributed by atoms with van der Waals surface area (Å²) in [6.07, 6.45) is 0. The lowest BCUT2D eigenvalue weighted by Gasteiger charge is -2.20. The summed E-state index contributed by atoms with van der Waals surface area (Å²) in [7, 11) is 0. The van der Waals surface area contributed by atoms with E-state index in [0.717, 1.165) is 0 Å². The molecule has 9 heteroatoms. The molecule has 0 spiro atoms. The molecule has 1 fully saturated rings. The predicted molar refractivity (Wildman–Crippen MR) is 67.8 cm³/mol.